The summed E-state index contributed by atoms with van der Waals surface area (Å²) in [7, 11) is -3.82. The highest BCUT2D eigenvalue weighted by molar-refractivity contribution is 9.10. The number of carbonyl (C=O) groups is 2. The maximum absolute atomic E-state index is 13.8. The van der Waals surface area contributed by atoms with E-state index in [9.17, 15) is 18.0 Å². The quantitative estimate of drug-likeness (QED) is 0.360. The predicted molar refractivity (Wildman–Crippen MR) is 152 cm³/mol. The number of nitrogens with zero attached hydrogens (tertiary/aromatic N) is 2. The summed E-state index contributed by atoms with van der Waals surface area (Å²) in [5.74, 6) is -0.800. The zero-order valence-electron chi connectivity index (χ0n) is 20.9. The Morgan fingerprint density at radius 1 is 1.08 bits per heavy atom. The van der Waals surface area contributed by atoms with Crippen molar-refractivity contribution in [1.29, 1.82) is 0 Å². The molecular weight excluding hydrogens is 601 g/mol. The van der Waals surface area contributed by atoms with E-state index in [4.69, 9.17) is 23.2 Å². The Hall–Kier alpha value is -1.81. The van der Waals surface area contributed by atoms with Gasteiger partial charge in [-0.05, 0) is 49.6 Å². The van der Waals surface area contributed by atoms with Gasteiger partial charge in [0.25, 0.3) is 0 Å². The van der Waals surface area contributed by atoms with Crippen molar-refractivity contribution in [3.05, 3.63) is 62.5 Å². The average molecular weight is 633 g/mol. The minimum absolute atomic E-state index is 0.0377. The molecule has 0 aliphatic heterocycles. The fourth-order valence-electron chi connectivity index (χ4n) is 4.56. The van der Waals surface area contributed by atoms with Crippen LogP contribution in [0.25, 0.3) is 0 Å². The van der Waals surface area contributed by atoms with E-state index in [0.29, 0.717) is 32.2 Å². The molecule has 37 heavy (non-hydrogen) atoms. The normalized spacial score (nSPS) is 15.2. The minimum atomic E-state index is -3.82. The maximum Gasteiger partial charge on any atom is 0.244 e. The number of carbonyl (C=O) groups excluding carboxylic acids is 2. The molecule has 0 saturated heterocycles. The summed E-state index contributed by atoms with van der Waals surface area (Å²) in [5, 5.41) is 3.83. The fourth-order valence-corrected chi connectivity index (χ4v) is 6.31. The summed E-state index contributed by atoms with van der Waals surface area (Å²) in [5.41, 5.74) is 0.831. The lowest BCUT2D eigenvalue weighted by Gasteiger charge is -2.34. The van der Waals surface area contributed by atoms with Crippen molar-refractivity contribution < 1.29 is 18.0 Å². The lowest BCUT2D eigenvalue weighted by Crippen LogP contribution is -2.54. The third kappa shape index (κ3) is 8.09. The number of hydrogen-bond acceptors (Lipinski definition) is 4. The van der Waals surface area contributed by atoms with Gasteiger partial charge in [-0.1, -0.05) is 77.5 Å². The number of rotatable bonds is 10. The first-order valence-electron chi connectivity index (χ1n) is 12.3. The molecule has 2 aromatic carbocycles. The highest BCUT2D eigenvalue weighted by atomic mass is 79.9. The number of benzene rings is 2. The third-order valence-electron chi connectivity index (χ3n) is 6.50. The molecule has 2 aromatic rings. The molecule has 1 aliphatic rings. The standard InChI is InChI=1S/C26H32BrCl2N3O4S/c1-3-24(26(34)30-19-10-5-4-6-11-19)31(16-21-22(28)13-8-14-23(21)29)25(33)17-32(37(2,35)36)20-12-7-9-18(27)15-20/h7-9,12-15,19,24H,3-6,10-11,16-17H2,1-2H3,(H,30,34). The van der Waals surface area contributed by atoms with Crippen molar-refractivity contribution in [1.82, 2.24) is 10.2 Å². The SMILES string of the molecule is CCC(C(=O)NC1CCCCC1)N(Cc1c(Cl)cccc1Cl)C(=O)CN(c1cccc(Br)c1)S(C)(=O)=O. The van der Waals surface area contributed by atoms with Gasteiger partial charge in [-0.25, -0.2) is 8.42 Å². The van der Waals surface area contributed by atoms with Crippen molar-refractivity contribution in [2.24, 2.45) is 0 Å². The minimum Gasteiger partial charge on any atom is -0.352 e. The Labute approximate surface area is 237 Å². The van der Waals surface area contributed by atoms with Gasteiger partial charge in [-0.15, -0.1) is 0 Å². The van der Waals surface area contributed by atoms with Crippen molar-refractivity contribution >= 4 is 66.7 Å². The zero-order chi connectivity index (χ0) is 27.2. The average Bonchev–Trinajstić information content (AvgIpc) is 2.84. The summed E-state index contributed by atoms with van der Waals surface area (Å²) in [6.45, 7) is 1.30. The smallest absolute Gasteiger partial charge is 0.244 e. The van der Waals surface area contributed by atoms with Gasteiger partial charge in [0.15, 0.2) is 0 Å². The van der Waals surface area contributed by atoms with Gasteiger partial charge in [-0.3, -0.25) is 13.9 Å². The van der Waals surface area contributed by atoms with Crippen LogP contribution in [0.5, 0.6) is 0 Å². The second-order valence-electron chi connectivity index (χ2n) is 9.24. The van der Waals surface area contributed by atoms with Crippen molar-refractivity contribution in [3.63, 3.8) is 0 Å². The zero-order valence-corrected chi connectivity index (χ0v) is 24.8. The Kier molecular flexibility index (Phi) is 10.7. The molecule has 0 aromatic heterocycles. The van der Waals surface area contributed by atoms with Crippen molar-refractivity contribution in [3.8, 4) is 0 Å². The van der Waals surface area contributed by atoms with E-state index in [0.717, 1.165) is 42.7 Å². The second-order valence-corrected chi connectivity index (χ2v) is 12.9. The molecule has 0 spiro atoms. The van der Waals surface area contributed by atoms with Gasteiger partial charge < -0.3 is 10.2 Å². The first-order valence-corrected chi connectivity index (χ1v) is 15.7. The summed E-state index contributed by atoms with van der Waals surface area (Å²) in [4.78, 5) is 28.7. The topological polar surface area (TPSA) is 86.8 Å². The van der Waals surface area contributed by atoms with Crippen LogP contribution in [-0.2, 0) is 26.2 Å². The van der Waals surface area contributed by atoms with E-state index >= 15 is 0 Å². The molecule has 0 radical (unpaired) electrons. The number of amides is 2. The monoisotopic (exact) mass is 631 g/mol. The number of halogens is 3. The number of anilines is 1. The van der Waals surface area contributed by atoms with Gasteiger partial charge >= 0.3 is 0 Å². The van der Waals surface area contributed by atoms with E-state index in [1.807, 2.05) is 6.92 Å². The Balaban J connectivity index is 1.96. The molecule has 3 rings (SSSR count). The Bertz CT molecular complexity index is 1200. The van der Waals surface area contributed by atoms with Crippen LogP contribution in [-0.4, -0.2) is 50.0 Å². The largest absolute Gasteiger partial charge is 0.352 e. The fraction of sp³-hybridized carbons (Fsp3) is 0.462. The van der Waals surface area contributed by atoms with Crippen LogP contribution in [0.4, 0.5) is 5.69 Å². The van der Waals surface area contributed by atoms with Crippen molar-refractivity contribution in [2.75, 3.05) is 17.1 Å². The van der Waals surface area contributed by atoms with Crippen LogP contribution in [0, 0.1) is 0 Å². The van der Waals surface area contributed by atoms with Gasteiger partial charge in [0, 0.05) is 32.7 Å². The molecule has 1 atom stereocenters. The first kappa shape index (κ1) is 29.7. The van der Waals surface area contributed by atoms with Gasteiger partial charge in [0.1, 0.15) is 12.6 Å². The summed E-state index contributed by atoms with van der Waals surface area (Å²) in [6.07, 6.45) is 6.43. The molecule has 0 bridgehead atoms. The second kappa shape index (κ2) is 13.3. The maximum atomic E-state index is 13.8. The van der Waals surface area contributed by atoms with E-state index in [-0.39, 0.29) is 18.5 Å². The summed E-state index contributed by atoms with van der Waals surface area (Å²) < 4.78 is 27.1. The van der Waals surface area contributed by atoms with Crippen LogP contribution >= 0.6 is 39.1 Å². The van der Waals surface area contributed by atoms with Crippen molar-refractivity contribution in [2.45, 2.75) is 64.1 Å². The van der Waals surface area contributed by atoms with E-state index in [1.54, 1.807) is 42.5 Å². The Morgan fingerprint density at radius 3 is 2.27 bits per heavy atom. The molecule has 202 valence electrons. The summed E-state index contributed by atoms with van der Waals surface area (Å²) >= 11 is 16.2. The predicted octanol–water partition coefficient (Wildman–Crippen LogP) is 5.78. The van der Waals surface area contributed by atoms with E-state index in [2.05, 4.69) is 21.2 Å². The van der Waals surface area contributed by atoms with Crippen LogP contribution in [0.2, 0.25) is 10.0 Å². The van der Waals surface area contributed by atoms with Crippen LogP contribution in [0.3, 0.4) is 0 Å². The molecule has 2 amide bonds. The number of nitrogens with one attached hydrogen (secondary N) is 1. The lowest BCUT2D eigenvalue weighted by atomic mass is 9.95. The summed E-state index contributed by atoms with van der Waals surface area (Å²) in [6, 6.07) is 11.0. The van der Waals surface area contributed by atoms with E-state index < -0.39 is 28.5 Å². The molecule has 11 heteroatoms. The highest BCUT2D eigenvalue weighted by Crippen LogP contribution is 2.28. The molecule has 1 unspecified atom stereocenters. The van der Waals surface area contributed by atoms with Gasteiger partial charge in [-0.2, -0.15) is 0 Å². The molecular formula is C26H32BrCl2N3O4S. The lowest BCUT2D eigenvalue weighted by molar-refractivity contribution is -0.140. The molecule has 1 fully saturated rings. The molecule has 0 heterocycles. The molecule has 7 nitrogen and oxygen atoms in total. The number of sulfonamides is 1. The van der Waals surface area contributed by atoms with Crippen LogP contribution in [0.1, 0.15) is 51.0 Å². The van der Waals surface area contributed by atoms with Gasteiger partial charge in [0.2, 0.25) is 21.8 Å². The van der Waals surface area contributed by atoms with Gasteiger partial charge in [0.05, 0.1) is 11.9 Å². The first-order chi connectivity index (χ1) is 17.5. The molecule has 1 saturated carbocycles. The number of hydrogen-bond donors (Lipinski definition) is 1. The van der Waals surface area contributed by atoms with E-state index in [1.165, 1.54) is 4.90 Å². The molecule has 1 N–H and O–H groups in total. The van der Waals surface area contributed by atoms with Crippen LogP contribution < -0.4 is 9.62 Å². The third-order valence-corrected chi connectivity index (χ3v) is 8.85. The van der Waals surface area contributed by atoms with Crippen LogP contribution in [0.15, 0.2) is 46.9 Å². The Morgan fingerprint density at radius 2 is 1.70 bits per heavy atom. The molecule has 1 aliphatic carbocycles. The highest BCUT2D eigenvalue weighted by Gasteiger charge is 2.33.